The van der Waals surface area contributed by atoms with Crippen LogP contribution < -0.4 is 10.1 Å². The highest BCUT2D eigenvalue weighted by atomic mass is 16.5. The van der Waals surface area contributed by atoms with Crippen LogP contribution in [0.4, 0.5) is 5.69 Å². The topological polar surface area (TPSA) is 51.2 Å². The summed E-state index contributed by atoms with van der Waals surface area (Å²) in [5.41, 5.74) is 2.60. The first-order chi connectivity index (χ1) is 14.4. The van der Waals surface area contributed by atoms with Crippen LogP contribution in [-0.4, -0.2) is 10.9 Å². The maximum absolute atomic E-state index is 12.8. The maximum Gasteiger partial charge on any atom is 0.255 e. The Kier molecular flexibility index (Phi) is 5.23. The van der Waals surface area contributed by atoms with E-state index in [4.69, 9.17) is 4.74 Å². The van der Waals surface area contributed by atoms with Crippen LogP contribution in [0.25, 0.3) is 10.8 Å². The van der Waals surface area contributed by atoms with E-state index in [-0.39, 0.29) is 11.3 Å². The molecule has 0 aliphatic rings. The lowest BCUT2D eigenvalue weighted by Crippen LogP contribution is -2.14. The highest BCUT2D eigenvalue weighted by Gasteiger charge is 2.15. The molecule has 150 valence electrons. The zero-order chi connectivity index (χ0) is 21.1. The molecule has 0 fully saturated rings. The fraction of sp³-hybridized carbons (Fsp3) is 0.154. The van der Waals surface area contributed by atoms with E-state index in [0.29, 0.717) is 11.3 Å². The molecule has 4 nitrogen and oxygen atoms in total. The number of carbonyl (C=O) groups excluding carboxylic acids is 1. The second kappa shape index (κ2) is 7.99. The molecule has 0 saturated carbocycles. The second-order valence-corrected chi connectivity index (χ2v) is 8.29. The fourth-order valence-electron chi connectivity index (χ4n) is 3.24. The molecule has 1 heterocycles. The summed E-state index contributed by atoms with van der Waals surface area (Å²) < 4.78 is 5.89. The average Bonchev–Trinajstić information content (AvgIpc) is 2.73. The highest BCUT2D eigenvalue weighted by molar-refractivity contribution is 6.06. The predicted molar refractivity (Wildman–Crippen MR) is 121 cm³/mol. The number of ether oxygens (including phenoxy) is 1. The van der Waals surface area contributed by atoms with Gasteiger partial charge in [-0.1, -0.05) is 45.0 Å². The number of hydrogen-bond acceptors (Lipinski definition) is 3. The summed E-state index contributed by atoms with van der Waals surface area (Å²) in [4.78, 5) is 16.8. The number of pyridine rings is 1. The van der Waals surface area contributed by atoms with Gasteiger partial charge in [0.2, 0.25) is 0 Å². The third kappa shape index (κ3) is 4.49. The van der Waals surface area contributed by atoms with E-state index in [9.17, 15) is 4.79 Å². The Labute approximate surface area is 176 Å². The summed E-state index contributed by atoms with van der Waals surface area (Å²) >= 11 is 0. The number of nitrogens with one attached hydrogen (secondary N) is 1. The lowest BCUT2D eigenvalue weighted by Gasteiger charge is -2.20. The largest absolute Gasteiger partial charge is 0.457 e. The van der Waals surface area contributed by atoms with E-state index < -0.39 is 0 Å². The highest BCUT2D eigenvalue weighted by Crippen LogP contribution is 2.27. The Bertz CT molecular complexity index is 1190. The normalized spacial score (nSPS) is 11.3. The molecule has 30 heavy (non-hydrogen) atoms. The second-order valence-electron chi connectivity index (χ2n) is 8.29. The standard InChI is InChI=1S/C26H24N2O2/c1-26(2,3)21-5-4-6-22(17-21)28-25(29)19-8-7-18-9-10-24(16-20(18)15-19)30-23-11-13-27-14-12-23/h4-17H,1-3H3,(H,28,29). The lowest BCUT2D eigenvalue weighted by molar-refractivity contribution is 0.102. The minimum absolute atomic E-state index is 0.0227. The first-order valence-corrected chi connectivity index (χ1v) is 9.92. The fourth-order valence-corrected chi connectivity index (χ4v) is 3.24. The van der Waals surface area contributed by atoms with Gasteiger partial charge in [0, 0.05) is 23.6 Å². The van der Waals surface area contributed by atoms with Crippen LogP contribution in [0.15, 0.2) is 85.2 Å². The molecule has 4 aromatic rings. The van der Waals surface area contributed by atoms with Crippen molar-refractivity contribution in [3.8, 4) is 11.5 Å². The van der Waals surface area contributed by atoms with Crippen molar-refractivity contribution < 1.29 is 9.53 Å². The molecule has 1 aromatic heterocycles. The molecular formula is C26H24N2O2. The zero-order valence-electron chi connectivity index (χ0n) is 17.3. The molecule has 0 radical (unpaired) electrons. The van der Waals surface area contributed by atoms with Crippen molar-refractivity contribution in [2.45, 2.75) is 26.2 Å². The number of anilines is 1. The first kappa shape index (κ1) is 19.6. The van der Waals surface area contributed by atoms with Crippen molar-refractivity contribution >= 4 is 22.4 Å². The summed E-state index contributed by atoms with van der Waals surface area (Å²) in [6.45, 7) is 6.47. The van der Waals surface area contributed by atoms with Crippen LogP contribution in [0.3, 0.4) is 0 Å². The van der Waals surface area contributed by atoms with Crippen molar-refractivity contribution in [2.75, 3.05) is 5.32 Å². The summed E-state index contributed by atoms with van der Waals surface area (Å²) in [6, 6.07) is 23.1. The van der Waals surface area contributed by atoms with Gasteiger partial charge in [-0.3, -0.25) is 9.78 Å². The molecule has 0 atom stereocenters. The van der Waals surface area contributed by atoms with Crippen LogP contribution in [0.1, 0.15) is 36.7 Å². The van der Waals surface area contributed by atoms with Gasteiger partial charge in [0.25, 0.3) is 5.91 Å². The molecular weight excluding hydrogens is 372 g/mol. The zero-order valence-corrected chi connectivity index (χ0v) is 17.3. The van der Waals surface area contributed by atoms with Gasteiger partial charge in [-0.15, -0.1) is 0 Å². The predicted octanol–water partition coefficient (Wildman–Crippen LogP) is 6.58. The van der Waals surface area contributed by atoms with Crippen molar-refractivity contribution in [3.63, 3.8) is 0 Å². The molecule has 0 unspecified atom stereocenters. The van der Waals surface area contributed by atoms with E-state index in [1.165, 1.54) is 5.56 Å². The number of benzene rings is 3. The van der Waals surface area contributed by atoms with Crippen molar-refractivity contribution in [2.24, 2.45) is 0 Å². The molecule has 0 aliphatic heterocycles. The summed E-state index contributed by atoms with van der Waals surface area (Å²) in [7, 11) is 0. The Hall–Kier alpha value is -3.66. The number of amides is 1. The Morgan fingerprint density at radius 2 is 1.60 bits per heavy atom. The Morgan fingerprint density at radius 1 is 0.833 bits per heavy atom. The van der Waals surface area contributed by atoms with Crippen LogP contribution in [0.5, 0.6) is 11.5 Å². The van der Waals surface area contributed by atoms with E-state index in [0.717, 1.165) is 22.2 Å². The van der Waals surface area contributed by atoms with Gasteiger partial charge in [0.05, 0.1) is 0 Å². The number of carbonyl (C=O) groups is 1. The minimum atomic E-state index is -0.136. The van der Waals surface area contributed by atoms with Crippen LogP contribution in [-0.2, 0) is 5.41 Å². The molecule has 0 spiro atoms. The quantitative estimate of drug-likeness (QED) is 0.424. The molecule has 0 bridgehead atoms. The van der Waals surface area contributed by atoms with Gasteiger partial charge >= 0.3 is 0 Å². The van der Waals surface area contributed by atoms with Crippen LogP contribution >= 0.6 is 0 Å². The van der Waals surface area contributed by atoms with Gasteiger partial charge in [-0.05, 0) is 70.3 Å². The van der Waals surface area contributed by atoms with Crippen LogP contribution in [0, 0.1) is 0 Å². The first-order valence-electron chi connectivity index (χ1n) is 9.92. The van der Waals surface area contributed by atoms with Gasteiger partial charge in [0.1, 0.15) is 11.5 Å². The van der Waals surface area contributed by atoms with E-state index in [1.807, 2.05) is 54.6 Å². The number of rotatable bonds is 4. The number of hydrogen-bond donors (Lipinski definition) is 1. The number of nitrogens with zero attached hydrogens (tertiary/aromatic N) is 1. The average molecular weight is 396 g/mol. The van der Waals surface area contributed by atoms with Crippen LogP contribution in [0.2, 0.25) is 0 Å². The summed E-state index contributed by atoms with van der Waals surface area (Å²) in [6.07, 6.45) is 3.38. The summed E-state index contributed by atoms with van der Waals surface area (Å²) in [5.74, 6) is 1.30. The van der Waals surface area contributed by atoms with Crippen molar-refractivity contribution in [1.82, 2.24) is 4.98 Å². The molecule has 1 N–H and O–H groups in total. The molecule has 0 saturated heterocycles. The number of fused-ring (bicyclic) bond motifs is 1. The molecule has 1 amide bonds. The van der Waals surface area contributed by atoms with Gasteiger partial charge in [-0.25, -0.2) is 0 Å². The monoisotopic (exact) mass is 396 g/mol. The molecule has 4 heteroatoms. The smallest absolute Gasteiger partial charge is 0.255 e. The van der Waals surface area contributed by atoms with Gasteiger partial charge in [-0.2, -0.15) is 0 Å². The molecule has 3 aromatic carbocycles. The van der Waals surface area contributed by atoms with E-state index >= 15 is 0 Å². The Morgan fingerprint density at radius 3 is 2.37 bits per heavy atom. The molecule has 4 rings (SSSR count). The SMILES string of the molecule is CC(C)(C)c1cccc(NC(=O)c2ccc3ccc(Oc4ccncc4)cc3c2)c1. The van der Waals surface area contributed by atoms with E-state index in [1.54, 1.807) is 24.5 Å². The van der Waals surface area contributed by atoms with Crippen molar-refractivity contribution in [3.05, 3.63) is 96.3 Å². The third-order valence-electron chi connectivity index (χ3n) is 4.95. The Balaban J connectivity index is 1.57. The lowest BCUT2D eigenvalue weighted by atomic mass is 9.87. The van der Waals surface area contributed by atoms with Gasteiger partial charge in [0.15, 0.2) is 0 Å². The van der Waals surface area contributed by atoms with E-state index in [2.05, 4.69) is 37.1 Å². The number of aromatic nitrogens is 1. The summed E-state index contributed by atoms with van der Waals surface area (Å²) in [5, 5.41) is 5.00. The maximum atomic E-state index is 12.8. The minimum Gasteiger partial charge on any atom is -0.457 e. The molecule has 0 aliphatic carbocycles. The third-order valence-corrected chi connectivity index (χ3v) is 4.95. The van der Waals surface area contributed by atoms with Gasteiger partial charge < -0.3 is 10.1 Å². The van der Waals surface area contributed by atoms with Crippen molar-refractivity contribution in [1.29, 1.82) is 0 Å².